The molecule has 0 amide bonds. The fraction of sp³-hybridized carbons (Fsp3) is 0.462. The van der Waals surface area contributed by atoms with Gasteiger partial charge in [0.25, 0.3) is 0 Å². The van der Waals surface area contributed by atoms with Gasteiger partial charge >= 0.3 is 5.97 Å². The highest BCUT2D eigenvalue weighted by molar-refractivity contribution is 5.68. The van der Waals surface area contributed by atoms with E-state index in [1.165, 1.54) is 0 Å². The van der Waals surface area contributed by atoms with Crippen LogP contribution in [0.2, 0.25) is 0 Å². The van der Waals surface area contributed by atoms with Crippen LogP contribution in [0.5, 0.6) is 5.75 Å². The predicted molar refractivity (Wildman–Crippen MR) is 66.5 cm³/mol. The van der Waals surface area contributed by atoms with Gasteiger partial charge in [0.2, 0.25) is 0 Å². The number of hydrogen-bond acceptors (Lipinski definition) is 3. The van der Waals surface area contributed by atoms with Crippen molar-refractivity contribution in [1.29, 1.82) is 0 Å². The number of rotatable bonds is 5. The number of nitrogens with two attached hydrogens (primary N) is 1. The summed E-state index contributed by atoms with van der Waals surface area (Å²) in [4.78, 5) is 10.8. The first-order valence-electron chi connectivity index (χ1n) is 5.56. The summed E-state index contributed by atoms with van der Waals surface area (Å²) >= 11 is 0. The fourth-order valence-corrected chi connectivity index (χ4v) is 1.84. The number of aliphatic carboxylic acids is 1. The molecular weight excluding hydrogens is 218 g/mol. The van der Waals surface area contributed by atoms with Crippen LogP contribution in [-0.4, -0.2) is 24.7 Å². The van der Waals surface area contributed by atoms with Crippen molar-refractivity contribution in [1.82, 2.24) is 0 Å². The average molecular weight is 237 g/mol. The standard InChI is InChI=1S/C13H19NO3/c1-8-4-11(10(7-14)6-13(15)16)12(17-3)5-9(8)2/h4-5,10H,6-7,14H2,1-3H3,(H,15,16). The normalized spacial score (nSPS) is 12.2. The Morgan fingerprint density at radius 2 is 2.00 bits per heavy atom. The lowest BCUT2D eigenvalue weighted by Crippen LogP contribution is -2.17. The van der Waals surface area contributed by atoms with E-state index < -0.39 is 5.97 Å². The largest absolute Gasteiger partial charge is 0.496 e. The Hall–Kier alpha value is -1.55. The summed E-state index contributed by atoms with van der Waals surface area (Å²) in [6, 6.07) is 3.89. The van der Waals surface area contributed by atoms with Crippen LogP contribution in [0.25, 0.3) is 0 Å². The SMILES string of the molecule is COc1cc(C)c(C)cc1C(CN)CC(=O)O. The van der Waals surface area contributed by atoms with Crippen molar-refractivity contribution >= 4 is 5.97 Å². The van der Waals surface area contributed by atoms with Crippen molar-refractivity contribution in [3.8, 4) is 5.75 Å². The number of methoxy groups -OCH3 is 1. The summed E-state index contributed by atoms with van der Waals surface area (Å²) in [5.41, 5.74) is 8.76. The van der Waals surface area contributed by atoms with Crippen molar-refractivity contribution in [3.63, 3.8) is 0 Å². The van der Waals surface area contributed by atoms with Gasteiger partial charge in [-0.15, -0.1) is 0 Å². The van der Waals surface area contributed by atoms with Gasteiger partial charge in [0.05, 0.1) is 13.5 Å². The molecule has 94 valence electrons. The summed E-state index contributed by atoms with van der Waals surface area (Å²) in [7, 11) is 1.59. The highest BCUT2D eigenvalue weighted by Crippen LogP contribution is 2.31. The fourth-order valence-electron chi connectivity index (χ4n) is 1.84. The van der Waals surface area contributed by atoms with Gasteiger partial charge in [-0.25, -0.2) is 0 Å². The molecular formula is C13H19NO3. The molecule has 0 radical (unpaired) electrons. The van der Waals surface area contributed by atoms with Gasteiger partial charge in [-0.3, -0.25) is 4.79 Å². The zero-order chi connectivity index (χ0) is 13.0. The van der Waals surface area contributed by atoms with Crippen LogP contribution in [0.4, 0.5) is 0 Å². The smallest absolute Gasteiger partial charge is 0.304 e. The molecule has 0 spiro atoms. The van der Waals surface area contributed by atoms with E-state index in [0.29, 0.717) is 12.3 Å². The first-order chi connectivity index (χ1) is 7.99. The monoisotopic (exact) mass is 237 g/mol. The molecule has 0 aliphatic rings. The van der Waals surface area contributed by atoms with Gasteiger partial charge in [-0.05, 0) is 43.1 Å². The topological polar surface area (TPSA) is 72.5 Å². The second kappa shape index (κ2) is 5.68. The van der Waals surface area contributed by atoms with E-state index in [9.17, 15) is 4.79 Å². The van der Waals surface area contributed by atoms with E-state index in [4.69, 9.17) is 15.6 Å². The summed E-state index contributed by atoms with van der Waals surface area (Å²) in [5, 5.41) is 8.87. The van der Waals surface area contributed by atoms with Gasteiger partial charge in [-0.1, -0.05) is 6.07 Å². The Labute approximate surface area is 101 Å². The highest BCUT2D eigenvalue weighted by atomic mass is 16.5. The molecule has 0 aliphatic heterocycles. The molecule has 1 aromatic carbocycles. The van der Waals surface area contributed by atoms with E-state index in [1.807, 2.05) is 26.0 Å². The van der Waals surface area contributed by atoms with Crippen molar-refractivity contribution < 1.29 is 14.6 Å². The Bertz CT molecular complexity index is 415. The minimum absolute atomic E-state index is 0.0232. The molecule has 0 saturated heterocycles. The van der Waals surface area contributed by atoms with Gasteiger partial charge in [-0.2, -0.15) is 0 Å². The number of carboxylic acid groups (broad SMARTS) is 1. The van der Waals surface area contributed by atoms with Crippen LogP contribution in [0, 0.1) is 13.8 Å². The molecule has 0 aliphatic carbocycles. The van der Waals surface area contributed by atoms with Gasteiger partial charge in [0.15, 0.2) is 0 Å². The third-order valence-corrected chi connectivity index (χ3v) is 2.99. The quantitative estimate of drug-likeness (QED) is 0.819. The molecule has 0 aromatic heterocycles. The maximum absolute atomic E-state index is 10.8. The molecule has 1 rings (SSSR count). The van der Waals surface area contributed by atoms with E-state index in [2.05, 4.69) is 0 Å². The number of carbonyl (C=O) groups is 1. The van der Waals surface area contributed by atoms with Gasteiger partial charge in [0, 0.05) is 5.92 Å². The minimum Gasteiger partial charge on any atom is -0.496 e. The second-order valence-electron chi connectivity index (χ2n) is 4.21. The Kier molecular flexibility index (Phi) is 4.52. The average Bonchev–Trinajstić information content (AvgIpc) is 2.28. The molecule has 1 atom stereocenters. The Balaban J connectivity index is 3.17. The molecule has 17 heavy (non-hydrogen) atoms. The van der Waals surface area contributed by atoms with Gasteiger partial charge in [0.1, 0.15) is 5.75 Å². The Morgan fingerprint density at radius 3 is 2.47 bits per heavy atom. The summed E-state index contributed by atoms with van der Waals surface area (Å²) < 4.78 is 5.30. The van der Waals surface area contributed by atoms with Crippen LogP contribution in [0.15, 0.2) is 12.1 Å². The molecule has 1 unspecified atom stereocenters. The maximum atomic E-state index is 10.8. The van der Waals surface area contributed by atoms with Crippen LogP contribution < -0.4 is 10.5 Å². The Morgan fingerprint density at radius 1 is 1.41 bits per heavy atom. The lowest BCUT2D eigenvalue weighted by Gasteiger charge is -2.18. The molecule has 1 aromatic rings. The molecule has 4 heteroatoms. The second-order valence-corrected chi connectivity index (χ2v) is 4.21. The molecule has 4 nitrogen and oxygen atoms in total. The highest BCUT2D eigenvalue weighted by Gasteiger charge is 2.18. The third kappa shape index (κ3) is 3.20. The van der Waals surface area contributed by atoms with Crippen molar-refractivity contribution in [3.05, 3.63) is 28.8 Å². The lowest BCUT2D eigenvalue weighted by atomic mass is 9.92. The van der Waals surface area contributed by atoms with Crippen LogP contribution in [0.1, 0.15) is 29.0 Å². The minimum atomic E-state index is -0.847. The first-order valence-corrected chi connectivity index (χ1v) is 5.56. The summed E-state index contributed by atoms with van der Waals surface area (Å²) in [6.07, 6.45) is 0.0232. The lowest BCUT2D eigenvalue weighted by molar-refractivity contribution is -0.137. The van der Waals surface area contributed by atoms with Crippen LogP contribution >= 0.6 is 0 Å². The third-order valence-electron chi connectivity index (χ3n) is 2.99. The molecule has 0 fully saturated rings. The molecule has 3 N–H and O–H groups in total. The summed E-state index contributed by atoms with van der Waals surface area (Å²) in [5.74, 6) is -0.340. The number of aryl methyl sites for hydroxylation is 2. The van der Waals surface area contributed by atoms with E-state index >= 15 is 0 Å². The van der Waals surface area contributed by atoms with E-state index in [1.54, 1.807) is 7.11 Å². The first kappa shape index (κ1) is 13.5. The molecule has 0 bridgehead atoms. The number of hydrogen-bond donors (Lipinski definition) is 2. The number of ether oxygens (including phenoxy) is 1. The van der Waals surface area contributed by atoms with Crippen molar-refractivity contribution in [2.75, 3.05) is 13.7 Å². The van der Waals surface area contributed by atoms with Gasteiger partial charge < -0.3 is 15.6 Å². The van der Waals surface area contributed by atoms with Crippen LogP contribution in [0.3, 0.4) is 0 Å². The zero-order valence-electron chi connectivity index (χ0n) is 10.5. The van der Waals surface area contributed by atoms with Crippen molar-refractivity contribution in [2.45, 2.75) is 26.2 Å². The molecule has 0 heterocycles. The molecule has 0 saturated carbocycles. The van der Waals surface area contributed by atoms with Crippen molar-refractivity contribution in [2.24, 2.45) is 5.73 Å². The predicted octanol–water partition coefficient (Wildman–Crippen LogP) is 1.83. The van der Waals surface area contributed by atoms with Crippen LogP contribution in [-0.2, 0) is 4.79 Å². The van der Waals surface area contributed by atoms with E-state index in [0.717, 1.165) is 16.7 Å². The summed E-state index contributed by atoms with van der Waals surface area (Å²) in [6.45, 7) is 4.29. The number of benzene rings is 1. The number of carboxylic acids is 1. The zero-order valence-corrected chi connectivity index (χ0v) is 10.5. The van der Waals surface area contributed by atoms with E-state index in [-0.39, 0.29) is 12.3 Å². The maximum Gasteiger partial charge on any atom is 0.304 e.